The van der Waals surface area contributed by atoms with Crippen molar-refractivity contribution in [2.45, 2.75) is 19.9 Å². The van der Waals surface area contributed by atoms with Crippen molar-refractivity contribution in [2.24, 2.45) is 0 Å². The van der Waals surface area contributed by atoms with Gasteiger partial charge in [0.25, 0.3) is 11.6 Å². The third kappa shape index (κ3) is 3.47. The number of hydrogen-bond acceptors (Lipinski definition) is 8. The first-order valence-corrected chi connectivity index (χ1v) is 11.9. The quantitative estimate of drug-likeness (QED) is 0.219. The molecule has 0 saturated heterocycles. The van der Waals surface area contributed by atoms with Gasteiger partial charge in [-0.1, -0.05) is 23.5 Å². The molecule has 8 nitrogen and oxygen atoms in total. The van der Waals surface area contributed by atoms with E-state index in [2.05, 4.69) is 4.98 Å². The maximum atomic E-state index is 13.4. The number of nitrogens with zero attached hydrogens (tertiary/aromatic N) is 3. The van der Waals surface area contributed by atoms with E-state index < -0.39 is 28.4 Å². The summed E-state index contributed by atoms with van der Waals surface area (Å²) in [7, 11) is 0. The molecule has 1 aliphatic heterocycles. The molecule has 170 valence electrons. The summed E-state index contributed by atoms with van der Waals surface area (Å²) in [5.41, 5.74) is 2.99. The smallest absolute Gasteiger partial charge is 0.296 e. The van der Waals surface area contributed by atoms with Gasteiger partial charge >= 0.3 is 0 Å². The van der Waals surface area contributed by atoms with Crippen LogP contribution in [0.3, 0.4) is 0 Å². The molecule has 2 aromatic heterocycles. The highest BCUT2D eigenvalue weighted by molar-refractivity contribution is 7.22. The largest absolute Gasteiger partial charge is 0.503 e. The number of nitro groups is 1. The molecule has 1 unspecified atom stereocenters. The molecule has 5 rings (SSSR count). The number of carbonyl (C=O) groups excluding carboxylic acids is 2. The third-order valence-corrected chi connectivity index (χ3v) is 7.51. The number of aliphatic hydroxyl groups excluding tert-OH is 1. The van der Waals surface area contributed by atoms with Gasteiger partial charge in [0, 0.05) is 12.1 Å². The number of nitro benzene ring substituents is 1. The van der Waals surface area contributed by atoms with Gasteiger partial charge in [-0.2, -0.15) is 0 Å². The molecule has 34 heavy (non-hydrogen) atoms. The molecule has 0 fully saturated rings. The third-order valence-electron chi connectivity index (χ3n) is 5.64. The molecule has 1 aliphatic rings. The van der Waals surface area contributed by atoms with E-state index in [1.54, 1.807) is 17.5 Å². The van der Waals surface area contributed by atoms with Gasteiger partial charge < -0.3 is 5.11 Å². The van der Waals surface area contributed by atoms with Crippen LogP contribution in [0.25, 0.3) is 10.2 Å². The molecule has 4 aromatic rings. The Morgan fingerprint density at radius 3 is 2.56 bits per heavy atom. The average Bonchev–Trinajstić information content (AvgIpc) is 3.53. The van der Waals surface area contributed by atoms with E-state index in [1.165, 1.54) is 51.8 Å². The molecule has 0 spiro atoms. The van der Waals surface area contributed by atoms with Crippen molar-refractivity contribution in [1.82, 2.24) is 4.98 Å². The number of Topliss-reactive ketones (excluding diaryl/α,β-unsaturated/α-hetero) is 1. The van der Waals surface area contributed by atoms with Crippen molar-refractivity contribution < 1.29 is 19.6 Å². The van der Waals surface area contributed by atoms with Crippen LogP contribution in [-0.4, -0.2) is 26.7 Å². The maximum absolute atomic E-state index is 13.4. The van der Waals surface area contributed by atoms with E-state index in [4.69, 9.17) is 0 Å². The van der Waals surface area contributed by atoms with Crippen LogP contribution in [0.5, 0.6) is 0 Å². The first-order valence-electron chi connectivity index (χ1n) is 10.2. The highest BCUT2D eigenvalue weighted by Crippen LogP contribution is 2.45. The van der Waals surface area contributed by atoms with Gasteiger partial charge in [0.05, 0.1) is 31.6 Å². The predicted molar refractivity (Wildman–Crippen MR) is 131 cm³/mol. The van der Waals surface area contributed by atoms with Gasteiger partial charge in [-0.05, 0) is 60.2 Å². The van der Waals surface area contributed by atoms with Crippen LogP contribution in [-0.2, 0) is 4.79 Å². The fourth-order valence-electron chi connectivity index (χ4n) is 4.13. The highest BCUT2D eigenvalue weighted by Gasteiger charge is 2.46. The minimum Gasteiger partial charge on any atom is -0.503 e. The van der Waals surface area contributed by atoms with E-state index in [-0.39, 0.29) is 11.3 Å². The van der Waals surface area contributed by atoms with Gasteiger partial charge in [-0.3, -0.25) is 24.6 Å². The number of aryl methyl sites for hydroxylation is 2. The van der Waals surface area contributed by atoms with Crippen LogP contribution in [0.4, 0.5) is 10.8 Å². The fraction of sp³-hybridized carbons (Fsp3) is 0.125. The molecule has 1 N–H and O–H groups in total. The lowest BCUT2D eigenvalue weighted by atomic mass is 9.95. The number of ketones is 1. The van der Waals surface area contributed by atoms with Gasteiger partial charge in [-0.25, -0.2) is 4.98 Å². The van der Waals surface area contributed by atoms with Crippen LogP contribution in [0.15, 0.2) is 65.2 Å². The van der Waals surface area contributed by atoms with E-state index >= 15 is 0 Å². The molecule has 0 radical (unpaired) electrons. The summed E-state index contributed by atoms with van der Waals surface area (Å²) in [5.74, 6) is -1.86. The summed E-state index contributed by atoms with van der Waals surface area (Å²) in [6.07, 6.45) is 0. The second-order valence-electron chi connectivity index (χ2n) is 7.92. The molecule has 3 heterocycles. The number of non-ortho nitro benzene ring substituents is 1. The summed E-state index contributed by atoms with van der Waals surface area (Å²) in [6, 6.07) is 11.9. The number of carbonyl (C=O) groups is 2. The first kappa shape index (κ1) is 21.9. The van der Waals surface area contributed by atoms with Crippen molar-refractivity contribution in [3.63, 3.8) is 0 Å². The lowest BCUT2D eigenvalue weighted by Crippen LogP contribution is -2.30. The van der Waals surface area contributed by atoms with Gasteiger partial charge in [0.1, 0.15) is 0 Å². The Hall–Kier alpha value is -3.89. The van der Waals surface area contributed by atoms with Gasteiger partial charge in [0.2, 0.25) is 5.78 Å². The first-order chi connectivity index (χ1) is 16.3. The van der Waals surface area contributed by atoms with Crippen molar-refractivity contribution in [3.8, 4) is 0 Å². The maximum Gasteiger partial charge on any atom is 0.296 e. The van der Waals surface area contributed by atoms with Gasteiger partial charge in [0.15, 0.2) is 10.9 Å². The van der Waals surface area contributed by atoms with Crippen LogP contribution in [0.1, 0.15) is 32.4 Å². The predicted octanol–water partition coefficient (Wildman–Crippen LogP) is 5.67. The number of benzene rings is 2. The normalized spacial score (nSPS) is 16.0. The lowest BCUT2D eigenvalue weighted by molar-refractivity contribution is -0.384. The number of thiophene rings is 1. The van der Waals surface area contributed by atoms with Gasteiger partial charge in [-0.15, -0.1) is 11.3 Å². The molecule has 10 heteroatoms. The zero-order valence-electron chi connectivity index (χ0n) is 18.0. The number of fused-ring (bicyclic) bond motifs is 1. The Kier molecular flexibility index (Phi) is 5.26. The Balaban J connectivity index is 1.69. The van der Waals surface area contributed by atoms with E-state index in [0.717, 1.165) is 21.3 Å². The zero-order chi connectivity index (χ0) is 24.1. The van der Waals surface area contributed by atoms with Crippen LogP contribution < -0.4 is 4.90 Å². The van der Waals surface area contributed by atoms with E-state index in [1.807, 2.05) is 26.0 Å². The highest BCUT2D eigenvalue weighted by atomic mass is 32.1. The summed E-state index contributed by atoms with van der Waals surface area (Å²) >= 11 is 2.49. The minimum absolute atomic E-state index is 0.0755. The number of thiazole rings is 1. The molecule has 0 bridgehead atoms. The van der Waals surface area contributed by atoms with E-state index in [9.17, 15) is 24.8 Å². The number of amides is 1. The van der Waals surface area contributed by atoms with Crippen molar-refractivity contribution >= 4 is 55.4 Å². The standard InChI is InChI=1S/C24H17N3O5S2/c1-12-10-13(2)19-17(11-12)34-24(25-19)26-20(14-5-7-15(8-6-14)27(31)32)18(22(29)23(26)30)21(28)16-4-3-9-33-16/h3-11,20,29H,1-2H3. The van der Waals surface area contributed by atoms with Crippen LogP contribution >= 0.6 is 22.7 Å². The summed E-state index contributed by atoms with van der Waals surface area (Å²) in [6.45, 7) is 3.90. The molecule has 1 atom stereocenters. The van der Waals surface area contributed by atoms with Crippen molar-refractivity contribution in [2.75, 3.05) is 4.90 Å². The average molecular weight is 492 g/mol. The lowest BCUT2D eigenvalue weighted by Gasteiger charge is -2.24. The second kappa shape index (κ2) is 8.15. The second-order valence-corrected chi connectivity index (χ2v) is 9.88. The Bertz CT molecular complexity index is 1500. The van der Waals surface area contributed by atoms with Crippen molar-refractivity contribution in [3.05, 3.63) is 96.9 Å². The molecular formula is C24H17N3O5S2. The number of hydrogen-bond donors (Lipinski definition) is 1. The summed E-state index contributed by atoms with van der Waals surface area (Å²) in [5, 5.41) is 24.1. The topological polar surface area (TPSA) is 114 Å². The number of aliphatic hydroxyl groups is 1. The number of rotatable bonds is 5. The van der Waals surface area contributed by atoms with E-state index in [0.29, 0.717) is 15.6 Å². The summed E-state index contributed by atoms with van der Waals surface area (Å²) in [4.78, 5) is 43.6. The summed E-state index contributed by atoms with van der Waals surface area (Å²) < 4.78 is 0.875. The molecular weight excluding hydrogens is 474 g/mol. The molecule has 1 amide bonds. The Labute approximate surface area is 201 Å². The van der Waals surface area contributed by atoms with Crippen LogP contribution in [0.2, 0.25) is 0 Å². The Morgan fingerprint density at radius 2 is 1.91 bits per heavy atom. The SMILES string of the molecule is Cc1cc(C)c2nc(N3C(=O)C(O)=C(C(=O)c4cccs4)C3c3ccc([N+](=O)[O-])cc3)sc2c1. The fourth-order valence-corrected chi connectivity index (χ4v) is 5.98. The zero-order valence-corrected chi connectivity index (χ0v) is 19.6. The number of aromatic nitrogens is 1. The molecule has 2 aromatic carbocycles. The van der Waals surface area contributed by atoms with Crippen LogP contribution in [0, 0.1) is 24.0 Å². The monoisotopic (exact) mass is 491 g/mol. The molecule has 0 aliphatic carbocycles. The minimum atomic E-state index is -0.982. The Morgan fingerprint density at radius 1 is 1.18 bits per heavy atom. The molecule has 0 saturated carbocycles. The van der Waals surface area contributed by atoms with Crippen molar-refractivity contribution in [1.29, 1.82) is 0 Å². The number of anilines is 1.